The summed E-state index contributed by atoms with van der Waals surface area (Å²) in [4.78, 5) is 22.6. The van der Waals surface area contributed by atoms with Crippen LogP contribution in [-0.2, 0) is 27.9 Å². The van der Waals surface area contributed by atoms with Crippen molar-refractivity contribution in [3.05, 3.63) is 0 Å². The third kappa shape index (κ3) is 43.0. The van der Waals surface area contributed by atoms with E-state index in [4.69, 9.17) is 23.6 Å². The van der Waals surface area contributed by atoms with Crippen LogP contribution in [0.5, 0.6) is 0 Å². The molecule has 0 aliphatic rings. The maximum Gasteiger partial charge on any atom is 0.472 e. The number of phosphoric acid groups is 1. The van der Waals surface area contributed by atoms with Crippen LogP contribution < -0.4 is 0 Å². The van der Waals surface area contributed by atoms with Crippen molar-refractivity contribution in [2.24, 2.45) is 0 Å². The number of phosphoric ester groups is 1. The van der Waals surface area contributed by atoms with Crippen LogP contribution in [0.15, 0.2) is 0 Å². The van der Waals surface area contributed by atoms with E-state index in [0.717, 1.165) is 32.1 Å². The van der Waals surface area contributed by atoms with E-state index in [9.17, 15) is 19.4 Å². The average Bonchev–Trinajstić information content (AvgIpc) is 3.19. The molecule has 0 bridgehead atoms. The Morgan fingerprint density at radius 2 is 0.804 bits per heavy atom. The molecular formula is C46H93O9P. The summed E-state index contributed by atoms with van der Waals surface area (Å²) in [6.45, 7) is 3.59. The maximum absolute atomic E-state index is 12.6. The topological polar surface area (TPSA) is 132 Å². The Labute approximate surface area is 346 Å². The average molecular weight is 821 g/mol. The molecule has 0 heterocycles. The van der Waals surface area contributed by atoms with E-state index in [1.54, 1.807) is 0 Å². The van der Waals surface area contributed by atoms with Crippen LogP contribution in [0.1, 0.15) is 245 Å². The zero-order valence-corrected chi connectivity index (χ0v) is 37.8. The SMILES string of the molecule is CCCCCCCCCCCCCCCCCCCCCCOC[C@H](COP(=O)(O)OC[C@@H](O)CO)OC(=O)CCCCCCCCCCCCCCCCC. The van der Waals surface area contributed by atoms with Gasteiger partial charge in [0.2, 0.25) is 0 Å². The van der Waals surface area contributed by atoms with Crippen molar-refractivity contribution < 1.29 is 43.0 Å². The molecule has 336 valence electrons. The maximum atomic E-state index is 12.6. The smallest absolute Gasteiger partial charge is 0.457 e. The van der Waals surface area contributed by atoms with Crippen molar-refractivity contribution in [3.8, 4) is 0 Å². The number of aliphatic hydroxyl groups is 2. The molecule has 3 atom stereocenters. The minimum atomic E-state index is -4.51. The zero-order chi connectivity index (χ0) is 41.1. The van der Waals surface area contributed by atoms with Gasteiger partial charge in [-0.2, -0.15) is 0 Å². The number of rotatable bonds is 47. The lowest BCUT2D eigenvalue weighted by Gasteiger charge is -2.20. The van der Waals surface area contributed by atoms with Crippen LogP contribution in [0, 0.1) is 0 Å². The number of carbonyl (C=O) groups is 1. The van der Waals surface area contributed by atoms with Gasteiger partial charge in [-0.3, -0.25) is 13.8 Å². The number of carbonyl (C=O) groups excluding carboxylic acids is 1. The second-order valence-corrected chi connectivity index (χ2v) is 18.0. The number of unbranched alkanes of at least 4 members (excludes halogenated alkanes) is 33. The van der Waals surface area contributed by atoms with E-state index in [2.05, 4.69) is 13.8 Å². The third-order valence-corrected chi connectivity index (χ3v) is 11.7. The van der Waals surface area contributed by atoms with Crippen molar-refractivity contribution in [3.63, 3.8) is 0 Å². The molecule has 0 aromatic rings. The minimum Gasteiger partial charge on any atom is -0.457 e. The van der Waals surface area contributed by atoms with Crippen LogP contribution in [0.3, 0.4) is 0 Å². The Kier molecular flexibility index (Phi) is 43.6. The van der Waals surface area contributed by atoms with Gasteiger partial charge in [0, 0.05) is 13.0 Å². The van der Waals surface area contributed by atoms with Crippen LogP contribution in [-0.4, -0.2) is 66.3 Å². The number of hydrogen-bond donors (Lipinski definition) is 3. The van der Waals surface area contributed by atoms with Gasteiger partial charge in [0.1, 0.15) is 12.2 Å². The highest BCUT2D eigenvalue weighted by Gasteiger charge is 2.26. The van der Waals surface area contributed by atoms with Gasteiger partial charge in [0.05, 0.1) is 26.4 Å². The lowest BCUT2D eigenvalue weighted by molar-refractivity contribution is -0.154. The monoisotopic (exact) mass is 821 g/mol. The fourth-order valence-corrected chi connectivity index (χ4v) is 7.91. The third-order valence-electron chi connectivity index (χ3n) is 10.8. The van der Waals surface area contributed by atoms with E-state index in [-0.39, 0.29) is 25.6 Å². The van der Waals surface area contributed by atoms with Gasteiger partial charge in [0.15, 0.2) is 0 Å². The molecule has 0 fully saturated rings. The summed E-state index contributed by atoms with van der Waals surface area (Å²) in [7, 11) is -4.51. The van der Waals surface area contributed by atoms with Gasteiger partial charge in [-0.1, -0.05) is 226 Å². The lowest BCUT2D eigenvalue weighted by Crippen LogP contribution is -2.29. The summed E-state index contributed by atoms with van der Waals surface area (Å²) >= 11 is 0. The van der Waals surface area contributed by atoms with E-state index in [1.165, 1.54) is 193 Å². The van der Waals surface area contributed by atoms with E-state index in [1.807, 2.05) is 0 Å². The Morgan fingerprint density at radius 1 is 0.482 bits per heavy atom. The standard InChI is InChI=1S/C46H93O9P/c1-3-5-7-9-11-13-15-17-19-20-21-22-23-25-27-29-31-33-35-37-39-52-42-45(43-54-56(50,51)53-41-44(48)40-47)55-46(49)38-36-34-32-30-28-26-24-18-16-14-12-10-8-6-4-2/h44-45,47-48H,3-43H2,1-2H3,(H,50,51)/t44-,45+/m0/s1. The van der Waals surface area contributed by atoms with E-state index >= 15 is 0 Å². The summed E-state index contributed by atoms with van der Waals surface area (Å²) in [6.07, 6.45) is 43.5. The van der Waals surface area contributed by atoms with Crippen molar-refractivity contribution in [2.45, 2.75) is 257 Å². The van der Waals surface area contributed by atoms with Gasteiger partial charge < -0.3 is 24.6 Å². The molecule has 0 aliphatic heterocycles. The second-order valence-electron chi connectivity index (χ2n) is 16.5. The predicted molar refractivity (Wildman–Crippen MR) is 233 cm³/mol. The van der Waals surface area contributed by atoms with Crippen molar-refractivity contribution in [1.82, 2.24) is 0 Å². The number of hydrogen-bond acceptors (Lipinski definition) is 8. The molecule has 0 rings (SSSR count). The molecule has 0 aromatic heterocycles. The molecule has 0 aromatic carbocycles. The Morgan fingerprint density at radius 3 is 1.16 bits per heavy atom. The normalized spacial score (nSPS) is 13.9. The van der Waals surface area contributed by atoms with Gasteiger partial charge in [-0.25, -0.2) is 4.57 Å². The van der Waals surface area contributed by atoms with Crippen LogP contribution >= 0.6 is 7.82 Å². The molecule has 9 nitrogen and oxygen atoms in total. The largest absolute Gasteiger partial charge is 0.472 e. The summed E-state index contributed by atoms with van der Waals surface area (Å²) in [5.74, 6) is -0.375. The fourth-order valence-electron chi connectivity index (χ4n) is 7.12. The van der Waals surface area contributed by atoms with Crippen LogP contribution in [0.25, 0.3) is 0 Å². The zero-order valence-electron chi connectivity index (χ0n) is 36.9. The first-order chi connectivity index (χ1) is 27.3. The minimum absolute atomic E-state index is 0.0585. The predicted octanol–water partition coefficient (Wildman–Crippen LogP) is 13.5. The lowest BCUT2D eigenvalue weighted by atomic mass is 10.0. The van der Waals surface area contributed by atoms with Gasteiger partial charge in [-0.05, 0) is 12.8 Å². The molecule has 0 saturated heterocycles. The first-order valence-corrected chi connectivity index (χ1v) is 25.5. The Hall–Kier alpha value is -0.540. The number of esters is 1. The molecule has 0 aliphatic carbocycles. The summed E-state index contributed by atoms with van der Waals surface area (Å²) in [5, 5.41) is 18.4. The van der Waals surface area contributed by atoms with Crippen molar-refractivity contribution in [2.75, 3.05) is 33.0 Å². The molecular weight excluding hydrogens is 727 g/mol. The quantitative estimate of drug-likeness (QED) is 0.0312. The molecule has 0 saturated carbocycles. The van der Waals surface area contributed by atoms with Crippen molar-refractivity contribution in [1.29, 1.82) is 0 Å². The molecule has 56 heavy (non-hydrogen) atoms. The number of aliphatic hydroxyl groups excluding tert-OH is 2. The highest BCUT2D eigenvalue weighted by molar-refractivity contribution is 7.47. The molecule has 0 spiro atoms. The number of ether oxygens (including phenoxy) is 2. The first kappa shape index (κ1) is 55.5. The first-order valence-electron chi connectivity index (χ1n) is 24.0. The summed E-state index contributed by atoms with van der Waals surface area (Å²) in [5.41, 5.74) is 0. The van der Waals surface area contributed by atoms with Gasteiger partial charge >= 0.3 is 13.8 Å². The summed E-state index contributed by atoms with van der Waals surface area (Å²) in [6, 6.07) is 0. The van der Waals surface area contributed by atoms with Crippen molar-refractivity contribution >= 4 is 13.8 Å². The van der Waals surface area contributed by atoms with Gasteiger partial charge in [-0.15, -0.1) is 0 Å². The highest BCUT2D eigenvalue weighted by Crippen LogP contribution is 2.43. The fraction of sp³-hybridized carbons (Fsp3) is 0.978. The molecule has 0 amide bonds. The van der Waals surface area contributed by atoms with Crippen LogP contribution in [0.2, 0.25) is 0 Å². The molecule has 1 unspecified atom stereocenters. The summed E-state index contributed by atoms with van der Waals surface area (Å²) < 4.78 is 33.5. The van der Waals surface area contributed by atoms with E-state index < -0.39 is 33.2 Å². The molecule has 3 N–H and O–H groups in total. The molecule has 0 radical (unpaired) electrons. The van der Waals surface area contributed by atoms with Crippen LogP contribution in [0.4, 0.5) is 0 Å². The highest BCUT2D eigenvalue weighted by atomic mass is 31.2. The molecule has 10 heteroatoms. The Balaban J connectivity index is 4.04. The van der Waals surface area contributed by atoms with E-state index in [0.29, 0.717) is 6.61 Å². The van der Waals surface area contributed by atoms with Gasteiger partial charge in [0.25, 0.3) is 0 Å². The Bertz CT molecular complexity index is 845. The second kappa shape index (κ2) is 44.0.